The predicted octanol–water partition coefficient (Wildman–Crippen LogP) is 2.18. The van der Waals surface area contributed by atoms with Crippen LogP contribution in [0.5, 0.6) is 11.5 Å². The second-order valence-corrected chi connectivity index (χ2v) is 11.1. The first-order chi connectivity index (χ1) is 19.8. The maximum atomic E-state index is 13.9. The number of nitrogens with one attached hydrogen (secondary N) is 1. The van der Waals surface area contributed by atoms with E-state index in [2.05, 4.69) is 5.32 Å². The summed E-state index contributed by atoms with van der Waals surface area (Å²) in [5.41, 5.74) is 2.00. The zero-order valence-electron chi connectivity index (χ0n) is 22.4. The van der Waals surface area contributed by atoms with Gasteiger partial charge in [0.25, 0.3) is 0 Å². The standard InChI is InChI=1S/C29H32Cl2N2O8/c1-39-23-9-15(13-35)8-19-24-20(28(37)32-5-6-34)11-22(25(36)27(24)41-26(19)23)33(29(38)17-4-7-40-14-17)12-16-2-3-18(30)10-21(16)31/h2-3,8-11,17,22,24-25,27,34-36H,4-7,12-14H2,1H3,(H,32,37). The summed E-state index contributed by atoms with van der Waals surface area (Å²) < 4.78 is 17.3. The van der Waals surface area contributed by atoms with E-state index in [0.29, 0.717) is 51.3 Å². The molecule has 0 saturated carbocycles. The van der Waals surface area contributed by atoms with Crippen molar-refractivity contribution in [3.8, 4) is 11.5 Å². The first-order valence-electron chi connectivity index (χ1n) is 13.4. The lowest BCUT2D eigenvalue weighted by Gasteiger charge is -2.41. The Bertz CT molecular complexity index is 1350. The van der Waals surface area contributed by atoms with Gasteiger partial charge in [-0.1, -0.05) is 29.3 Å². The highest BCUT2D eigenvalue weighted by Crippen LogP contribution is 2.51. The Morgan fingerprint density at radius 2 is 2.00 bits per heavy atom. The number of amides is 2. The lowest BCUT2D eigenvalue weighted by Crippen LogP contribution is -2.56. The summed E-state index contributed by atoms with van der Waals surface area (Å²) in [6.45, 7) is 0.203. The number of carbonyl (C=O) groups is 2. The number of halogens is 2. The molecule has 220 valence electrons. The molecule has 0 spiro atoms. The maximum Gasteiger partial charge on any atom is 0.247 e. The highest BCUT2D eigenvalue weighted by Gasteiger charge is 2.52. The molecule has 2 aromatic rings. The average molecular weight is 607 g/mol. The van der Waals surface area contributed by atoms with Crippen molar-refractivity contribution in [1.29, 1.82) is 0 Å². The Morgan fingerprint density at radius 1 is 1.20 bits per heavy atom. The van der Waals surface area contributed by atoms with Gasteiger partial charge < -0.3 is 39.7 Å². The van der Waals surface area contributed by atoms with Gasteiger partial charge in [-0.3, -0.25) is 9.59 Å². The van der Waals surface area contributed by atoms with Crippen LogP contribution in [0.3, 0.4) is 0 Å². The van der Waals surface area contributed by atoms with Crippen molar-refractivity contribution in [2.24, 2.45) is 5.92 Å². The van der Waals surface area contributed by atoms with Crippen molar-refractivity contribution in [1.82, 2.24) is 10.2 Å². The average Bonchev–Trinajstić information content (AvgIpc) is 3.64. The number of aliphatic hydroxyl groups is 3. The van der Waals surface area contributed by atoms with Crippen LogP contribution >= 0.6 is 23.2 Å². The van der Waals surface area contributed by atoms with Gasteiger partial charge in [-0.15, -0.1) is 0 Å². The number of fused-ring (bicyclic) bond motifs is 3. The highest BCUT2D eigenvalue weighted by molar-refractivity contribution is 6.35. The monoisotopic (exact) mass is 606 g/mol. The van der Waals surface area contributed by atoms with Gasteiger partial charge >= 0.3 is 0 Å². The molecule has 41 heavy (non-hydrogen) atoms. The Balaban J connectivity index is 1.61. The van der Waals surface area contributed by atoms with Crippen LogP contribution in [-0.4, -0.2) is 83.8 Å². The molecule has 5 atom stereocenters. The van der Waals surface area contributed by atoms with Gasteiger partial charge in [0.1, 0.15) is 12.2 Å². The number of aliphatic hydroxyl groups excluding tert-OH is 3. The topological polar surface area (TPSA) is 138 Å². The molecule has 4 N–H and O–H groups in total. The molecule has 2 aliphatic heterocycles. The van der Waals surface area contributed by atoms with Gasteiger partial charge in [0.15, 0.2) is 11.5 Å². The van der Waals surface area contributed by atoms with Crippen LogP contribution in [0.4, 0.5) is 0 Å². The van der Waals surface area contributed by atoms with Gasteiger partial charge in [0.05, 0.1) is 44.8 Å². The summed E-state index contributed by atoms with van der Waals surface area (Å²) in [7, 11) is 1.46. The number of methoxy groups -OCH3 is 1. The highest BCUT2D eigenvalue weighted by atomic mass is 35.5. The molecule has 12 heteroatoms. The SMILES string of the molecule is COc1cc(CO)cc2c1OC1C2C(C(=O)NCCO)=CC(N(Cc2ccc(Cl)cc2Cl)C(=O)C2CCOC2)C1O. The number of benzene rings is 2. The third kappa shape index (κ3) is 5.77. The molecule has 1 fully saturated rings. The zero-order chi connectivity index (χ0) is 29.3. The fraction of sp³-hybridized carbons (Fsp3) is 0.448. The molecule has 0 bridgehead atoms. The van der Waals surface area contributed by atoms with Crippen LogP contribution < -0.4 is 14.8 Å². The van der Waals surface area contributed by atoms with Gasteiger partial charge in [-0.2, -0.15) is 0 Å². The molecule has 1 saturated heterocycles. The zero-order valence-corrected chi connectivity index (χ0v) is 23.9. The molecule has 1 aliphatic carbocycles. The lowest BCUT2D eigenvalue weighted by molar-refractivity contribution is -0.142. The molecule has 2 aromatic carbocycles. The number of hydrogen-bond acceptors (Lipinski definition) is 8. The molecular weight excluding hydrogens is 575 g/mol. The smallest absolute Gasteiger partial charge is 0.247 e. The molecule has 2 heterocycles. The minimum absolute atomic E-state index is 0.0108. The number of rotatable bonds is 9. The summed E-state index contributed by atoms with van der Waals surface area (Å²) >= 11 is 12.6. The van der Waals surface area contributed by atoms with Crippen molar-refractivity contribution in [2.75, 3.05) is 33.5 Å². The molecular formula is C29H32Cl2N2O8. The predicted molar refractivity (Wildman–Crippen MR) is 150 cm³/mol. The van der Waals surface area contributed by atoms with Crippen molar-refractivity contribution in [3.63, 3.8) is 0 Å². The number of nitrogens with zero attached hydrogens (tertiary/aromatic N) is 1. The molecule has 5 unspecified atom stereocenters. The first kappa shape index (κ1) is 29.6. The van der Waals surface area contributed by atoms with Crippen LogP contribution in [-0.2, 0) is 27.5 Å². The molecule has 2 amide bonds. The van der Waals surface area contributed by atoms with Crippen molar-refractivity contribution >= 4 is 35.0 Å². The summed E-state index contributed by atoms with van der Waals surface area (Å²) in [4.78, 5) is 28.9. The molecule has 0 aromatic heterocycles. The van der Waals surface area contributed by atoms with Crippen LogP contribution in [0.1, 0.15) is 29.0 Å². The number of hydrogen-bond donors (Lipinski definition) is 4. The van der Waals surface area contributed by atoms with Gasteiger partial charge in [0.2, 0.25) is 11.8 Å². The van der Waals surface area contributed by atoms with E-state index in [1.165, 1.54) is 12.0 Å². The second-order valence-electron chi connectivity index (χ2n) is 10.3. The summed E-state index contributed by atoms with van der Waals surface area (Å²) in [5, 5.41) is 34.5. The Morgan fingerprint density at radius 3 is 2.66 bits per heavy atom. The molecule has 10 nitrogen and oxygen atoms in total. The van der Waals surface area contributed by atoms with Crippen LogP contribution in [0.2, 0.25) is 10.0 Å². The minimum Gasteiger partial charge on any atom is -0.493 e. The second kappa shape index (κ2) is 12.6. The van der Waals surface area contributed by atoms with E-state index in [-0.39, 0.29) is 44.4 Å². The fourth-order valence-electron chi connectivity index (χ4n) is 5.75. The fourth-order valence-corrected chi connectivity index (χ4v) is 6.21. The van der Waals surface area contributed by atoms with Crippen LogP contribution in [0.25, 0.3) is 0 Å². The molecule has 5 rings (SSSR count). The van der Waals surface area contributed by atoms with Crippen molar-refractivity contribution in [3.05, 3.63) is 68.7 Å². The Kier molecular flexibility index (Phi) is 9.08. The van der Waals surface area contributed by atoms with Crippen molar-refractivity contribution in [2.45, 2.75) is 43.7 Å². The van der Waals surface area contributed by atoms with Crippen LogP contribution in [0.15, 0.2) is 42.0 Å². The van der Waals surface area contributed by atoms with E-state index in [4.69, 9.17) is 37.4 Å². The first-order valence-corrected chi connectivity index (χ1v) is 14.1. The summed E-state index contributed by atoms with van der Waals surface area (Å²) in [5.74, 6) is -1.18. The normalized spacial score (nSPS) is 24.6. The van der Waals surface area contributed by atoms with E-state index < -0.39 is 36.0 Å². The van der Waals surface area contributed by atoms with Crippen LogP contribution in [0, 0.1) is 5.92 Å². The van der Waals surface area contributed by atoms with Gasteiger partial charge in [0, 0.05) is 40.9 Å². The quantitative estimate of drug-likeness (QED) is 0.341. The van der Waals surface area contributed by atoms with E-state index in [1.54, 1.807) is 36.4 Å². The van der Waals surface area contributed by atoms with E-state index >= 15 is 0 Å². The Hall–Kier alpha value is -2.86. The van der Waals surface area contributed by atoms with E-state index in [9.17, 15) is 24.9 Å². The maximum absolute atomic E-state index is 13.9. The molecule has 0 radical (unpaired) electrons. The van der Waals surface area contributed by atoms with E-state index in [1.807, 2.05) is 0 Å². The number of ether oxygens (including phenoxy) is 3. The van der Waals surface area contributed by atoms with Gasteiger partial charge in [-0.25, -0.2) is 0 Å². The summed E-state index contributed by atoms with van der Waals surface area (Å²) in [6, 6.07) is 7.35. The largest absolute Gasteiger partial charge is 0.493 e. The Labute approximate surface area is 247 Å². The molecule has 3 aliphatic rings. The summed E-state index contributed by atoms with van der Waals surface area (Å²) in [6.07, 6.45) is -0.0862. The van der Waals surface area contributed by atoms with Crippen molar-refractivity contribution < 1.29 is 39.1 Å². The third-order valence-electron chi connectivity index (χ3n) is 7.77. The lowest BCUT2D eigenvalue weighted by atomic mass is 9.77. The third-order valence-corrected chi connectivity index (χ3v) is 8.36. The van der Waals surface area contributed by atoms with E-state index in [0.717, 1.165) is 0 Å². The minimum atomic E-state index is -1.25. The van der Waals surface area contributed by atoms with Gasteiger partial charge in [-0.05, 0) is 47.9 Å². The number of carbonyl (C=O) groups excluding carboxylic acids is 2.